The Bertz CT molecular complexity index is 2980. The van der Waals surface area contributed by atoms with Crippen LogP contribution in [0.25, 0.3) is 76.9 Å². The Morgan fingerprint density at radius 2 is 1.17 bits per heavy atom. The van der Waals surface area contributed by atoms with E-state index in [9.17, 15) is 0 Å². The molecule has 52 heavy (non-hydrogen) atoms. The van der Waals surface area contributed by atoms with Gasteiger partial charge in [0, 0.05) is 50.7 Å². The Morgan fingerprint density at radius 3 is 1.90 bits per heavy atom. The molecule has 0 bridgehead atoms. The lowest BCUT2D eigenvalue weighted by atomic mass is 10.1. The first kappa shape index (κ1) is 31.0. The van der Waals surface area contributed by atoms with Crippen LogP contribution in [0, 0.1) is 5.41 Å². The summed E-state index contributed by atoms with van der Waals surface area (Å²) in [7, 11) is 2.16. The van der Waals surface area contributed by atoms with Crippen molar-refractivity contribution in [3.63, 3.8) is 0 Å². The minimum atomic E-state index is 0.432. The molecule has 0 saturated heterocycles. The summed E-state index contributed by atoms with van der Waals surface area (Å²) < 4.78 is 11.2. The van der Waals surface area contributed by atoms with Crippen molar-refractivity contribution in [2.45, 2.75) is 0 Å². The second-order valence-electron chi connectivity index (χ2n) is 12.9. The summed E-state index contributed by atoms with van der Waals surface area (Å²) in [4.78, 5) is 3.99. The van der Waals surface area contributed by atoms with Crippen LogP contribution in [0.15, 0.2) is 179 Å². The highest BCUT2D eigenvalue weighted by Crippen LogP contribution is 2.44. The second-order valence-corrected chi connectivity index (χ2v) is 12.9. The minimum absolute atomic E-state index is 0.432. The van der Waals surface area contributed by atoms with E-state index >= 15 is 0 Å². The number of hydrogen-bond acceptors (Lipinski definition) is 3. The van der Waals surface area contributed by atoms with Crippen LogP contribution in [-0.4, -0.2) is 21.6 Å². The van der Waals surface area contributed by atoms with Crippen LogP contribution in [0.1, 0.15) is 11.1 Å². The van der Waals surface area contributed by atoms with E-state index in [0.29, 0.717) is 11.4 Å². The second kappa shape index (κ2) is 12.7. The van der Waals surface area contributed by atoms with Gasteiger partial charge in [0.1, 0.15) is 11.2 Å². The van der Waals surface area contributed by atoms with E-state index in [1.807, 2.05) is 66.7 Å². The number of para-hydroxylation sites is 3. The predicted octanol–water partition coefficient (Wildman–Crippen LogP) is 12.1. The van der Waals surface area contributed by atoms with E-state index in [1.54, 1.807) is 6.08 Å². The van der Waals surface area contributed by atoms with Gasteiger partial charge in [-0.1, -0.05) is 115 Å². The van der Waals surface area contributed by atoms with Crippen LogP contribution in [0.4, 0.5) is 0 Å². The maximum atomic E-state index is 8.05. The van der Waals surface area contributed by atoms with Gasteiger partial charge in [-0.25, -0.2) is 0 Å². The van der Waals surface area contributed by atoms with E-state index in [-0.39, 0.29) is 0 Å². The van der Waals surface area contributed by atoms with Crippen molar-refractivity contribution in [2.24, 2.45) is 12.0 Å². The highest BCUT2D eigenvalue weighted by Gasteiger charge is 2.22. The third-order valence-electron chi connectivity index (χ3n) is 9.93. The zero-order valence-corrected chi connectivity index (χ0v) is 28.6. The lowest BCUT2D eigenvalue weighted by Crippen LogP contribution is -1.95. The topological polar surface area (TPSA) is 59.2 Å². The van der Waals surface area contributed by atoms with Gasteiger partial charge in [0.2, 0.25) is 0 Å². The molecule has 0 aliphatic carbocycles. The molecular formula is C47H34N4O. The number of rotatable bonds is 5. The third-order valence-corrected chi connectivity index (χ3v) is 9.93. The summed E-state index contributed by atoms with van der Waals surface area (Å²) in [5.74, 6) is 0. The van der Waals surface area contributed by atoms with E-state index < -0.39 is 0 Å². The van der Waals surface area contributed by atoms with Crippen molar-refractivity contribution in [1.29, 1.82) is 5.41 Å². The smallest absolute Gasteiger partial charge is 0.145 e. The number of benzene rings is 7. The van der Waals surface area contributed by atoms with Crippen LogP contribution < -0.4 is 0 Å². The summed E-state index contributed by atoms with van der Waals surface area (Å²) in [5, 5.41) is 15.3. The fraction of sp³-hybridized carbons (Fsp3) is 0.0213. The molecule has 1 N–H and O–H groups in total. The van der Waals surface area contributed by atoms with Gasteiger partial charge in [-0.15, -0.1) is 0 Å². The van der Waals surface area contributed by atoms with E-state index in [0.717, 1.165) is 44.3 Å². The first-order valence-corrected chi connectivity index (χ1v) is 17.3. The molecule has 5 nitrogen and oxygen atoms in total. The number of aliphatic imine (C=N–C) groups is 1. The quantitative estimate of drug-likeness (QED) is 0.182. The van der Waals surface area contributed by atoms with E-state index in [2.05, 4.69) is 125 Å². The highest BCUT2D eigenvalue weighted by atomic mass is 16.3. The molecule has 10 aromatic rings. The molecule has 10 rings (SSSR count). The molecule has 0 fully saturated rings. The summed E-state index contributed by atoms with van der Waals surface area (Å²) in [6, 6.07) is 56.0. The van der Waals surface area contributed by atoms with Crippen LogP contribution in [0.5, 0.6) is 0 Å². The first-order valence-electron chi connectivity index (χ1n) is 17.3. The number of furan rings is 1. The van der Waals surface area contributed by atoms with Crippen LogP contribution in [0.3, 0.4) is 0 Å². The molecule has 3 heterocycles. The third kappa shape index (κ3) is 5.02. The average Bonchev–Trinajstić information content (AvgIpc) is 3.85. The molecule has 7 aromatic carbocycles. The number of hydrogen-bond donors (Lipinski definition) is 1. The van der Waals surface area contributed by atoms with Crippen molar-refractivity contribution in [3.8, 4) is 5.69 Å². The number of aromatic nitrogens is 2. The molecule has 0 amide bonds. The number of nitrogens with one attached hydrogen (secondary N) is 1. The molecule has 0 unspecified atom stereocenters. The van der Waals surface area contributed by atoms with Gasteiger partial charge in [0.05, 0.1) is 33.3 Å². The largest absolute Gasteiger partial charge is 0.455 e. The number of aryl methyl sites for hydroxylation is 1. The predicted molar refractivity (Wildman–Crippen MR) is 219 cm³/mol. The molecular weight excluding hydrogens is 637 g/mol. The first-order chi connectivity index (χ1) is 25.6. The molecule has 0 saturated carbocycles. The van der Waals surface area contributed by atoms with Crippen LogP contribution in [0.2, 0.25) is 0 Å². The Hall–Kier alpha value is -6.98. The average molecular weight is 671 g/mol. The Kier molecular flexibility index (Phi) is 7.59. The standard InChI is InChI=1S/C31H20N2O.C16H14N2/c1-32-24-13-7-5-12-22(24)28-25(32)17-16-23-29-26(33(30(23)28)19-9-3-2-4-10-19)18-15-21-20-11-6-8-14-27(20)34-31(21)29;1-18-16(14-10-6-3-7-11-14)12-15(17)13-8-4-2-5-9-13/h2-18H,1H3;2-12,17H,1H2/b;16-12-,17-15?. The highest BCUT2D eigenvalue weighted by molar-refractivity contribution is 6.30. The molecule has 0 aliphatic rings. The lowest BCUT2D eigenvalue weighted by molar-refractivity contribution is 0.673. The van der Waals surface area contributed by atoms with Crippen molar-refractivity contribution >= 4 is 83.7 Å². The van der Waals surface area contributed by atoms with Gasteiger partial charge in [-0.05, 0) is 66.9 Å². The van der Waals surface area contributed by atoms with Crippen molar-refractivity contribution < 1.29 is 4.42 Å². The summed E-state index contributed by atoms with van der Waals surface area (Å²) in [6.45, 7) is 3.57. The summed E-state index contributed by atoms with van der Waals surface area (Å²) >= 11 is 0. The molecule has 0 atom stereocenters. The number of nitrogens with zero attached hydrogens (tertiary/aromatic N) is 3. The minimum Gasteiger partial charge on any atom is -0.455 e. The molecule has 0 aliphatic heterocycles. The zero-order chi connectivity index (χ0) is 35.2. The van der Waals surface area contributed by atoms with Crippen LogP contribution in [-0.2, 0) is 7.05 Å². The zero-order valence-electron chi connectivity index (χ0n) is 28.6. The summed E-state index contributed by atoms with van der Waals surface area (Å²) in [5.41, 5.74) is 10.9. The maximum absolute atomic E-state index is 8.05. The SMILES string of the molecule is C=N/C(=C\C(=N)c1ccccc1)c1ccccc1.Cn1c2ccccc2c2c1ccc1c3c4oc5ccccc5c4ccc3n(-c3ccccc3)c12. The Labute approximate surface area is 300 Å². The van der Waals surface area contributed by atoms with Crippen molar-refractivity contribution in [1.82, 2.24) is 9.13 Å². The fourth-order valence-corrected chi connectivity index (χ4v) is 7.52. The van der Waals surface area contributed by atoms with Crippen LogP contribution >= 0.6 is 0 Å². The van der Waals surface area contributed by atoms with Gasteiger partial charge in [-0.2, -0.15) is 0 Å². The van der Waals surface area contributed by atoms with Crippen molar-refractivity contribution in [2.75, 3.05) is 0 Å². The molecule has 0 spiro atoms. The Morgan fingerprint density at radius 1 is 0.577 bits per heavy atom. The van der Waals surface area contributed by atoms with Gasteiger partial charge in [0.15, 0.2) is 0 Å². The van der Waals surface area contributed by atoms with E-state index in [4.69, 9.17) is 9.83 Å². The van der Waals surface area contributed by atoms with Gasteiger partial charge >= 0.3 is 0 Å². The van der Waals surface area contributed by atoms with Gasteiger partial charge in [-0.3, -0.25) is 4.99 Å². The monoisotopic (exact) mass is 670 g/mol. The molecule has 248 valence electrons. The van der Waals surface area contributed by atoms with Gasteiger partial charge < -0.3 is 19.0 Å². The van der Waals surface area contributed by atoms with Crippen molar-refractivity contribution in [3.05, 3.63) is 181 Å². The molecule has 3 aromatic heterocycles. The summed E-state index contributed by atoms with van der Waals surface area (Å²) in [6.07, 6.45) is 1.73. The van der Waals surface area contributed by atoms with E-state index in [1.165, 1.54) is 38.1 Å². The lowest BCUT2D eigenvalue weighted by Gasteiger charge is -2.09. The Balaban J connectivity index is 0.000000170. The normalized spacial score (nSPS) is 11.8. The number of allylic oxidation sites excluding steroid dienone is 1. The van der Waals surface area contributed by atoms with Gasteiger partial charge in [0.25, 0.3) is 0 Å². The molecule has 5 heteroatoms. The molecule has 0 radical (unpaired) electrons. The fourth-order valence-electron chi connectivity index (χ4n) is 7.52. The number of fused-ring (bicyclic) bond motifs is 11. The maximum Gasteiger partial charge on any atom is 0.145 e.